The third kappa shape index (κ3) is 3.52. The lowest BCUT2D eigenvalue weighted by atomic mass is 9.98. The Balaban J connectivity index is 2.20. The number of hydrogen-bond acceptors (Lipinski definition) is 5. The van der Waals surface area contributed by atoms with Crippen molar-refractivity contribution in [2.24, 2.45) is 0 Å². The quantitative estimate of drug-likeness (QED) is 0.484. The predicted molar refractivity (Wildman–Crippen MR) is 79.8 cm³/mol. The van der Waals surface area contributed by atoms with Crippen LogP contribution in [0.15, 0.2) is 17.1 Å². The van der Waals surface area contributed by atoms with Crippen molar-refractivity contribution in [2.75, 3.05) is 0 Å². The second-order valence-corrected chi connectivity index (χ2v) is 5.72. The number of esters is 1. The lowest BCUT2D eigenvalue weighted by Gasteiger charge is -2.24. The van der Waals surface area contributed by atoms with E-state index in [1.54, 1.807) is 0 Å². The second kappa shape index (κ2) is 6.72. The van der Waals surface area contributed by atoms with Gasteiger partial charge in [-0.05, 0) is 39.5 Å². The maximum absolute atomic E-state index is 12.2. The molecule has 0 aliphatic heterocycles. The molecule has 1 aromatic heterocycles. The number of rotatable bonds is 4. The Morgan fingerprint density at radius 3 is 2.64 bits per heavy atom. The predicted octanol–water partition coefficient (Wildman–Crippen LogP) is 2.50. The minimum atomic E-state index is -0.881. The van der Waals surface area contributed by atoms with Crippen LogP contribution in [-0.2, 0) is 9.53 Å². The summed E-state index contributed by atoms with van der Waals surface area (Å²) in [6, 6.07) is 0.325. The van der Waals surface area contributed by atoms with Crippen LogP contribution >= 0.6 is 0 Å². The molecule has 22 heavy (non-hydrogen) atoms. The van der Waals surface area contributed by atoms with Gasteiger partial charge in [-0.1, -0.05) is 6.42 Å². The number of carbonyl (C=O) groups is 1. The summed E-state index contributed by atoms with van der Waals surface area (Å²) in [6.45, 7) is 3.01. The van der Waals surface area contributed by atoms with Crippen LogP contribution in [0.1, 0.15) is 50.6 Å². The van der Waals surface area contributed by atoms with Gasteiger partial charge in [0, 0.05) is 11.6 Å². The number of hydrogen-bond donors (Lipinski definition) is 0. The molecule has 0 aromatic carbocycles. The molecule has 0 amide bonds. The van der Waals surface area contributed by atoms with Crippen LogP contribution in [0.5, 0.6) is 0 Å². The third-order valence-corrected chi connectivity index (χ3v) is 4.01. The van der Waals surface area contributed by atoms with Crippen molar-refractivity contribution in [3.05, 3.63) is 38.3 Å². The fourth-order valence-corrected chi connectivity index (χ4v) is 2.67. The highest BCUT2D eigenvalue weighted by atomic mass is 16.6. The molecular formula is C15H20N2O5. The zero-order valence-corrected chi connectivity index (χ0v) is 12.8. The summed E-state index contributed by atoms with van der Waals surface area (Å²) < 4.78 is 6.52. The fourth-order valence-electron chi connectivity index (χ4n) is 2.67. The van der Waals surface area contributed by atoms with Gasteiger partial charge in [0.2, 0.25) is 0 Å². The highest BCUT2D eigenvalue weighted by Crippen LogP contribution is 2.22. The maximum Gasteiger partial charge on any atom is 0.329 e. The van der Waals surface area contributed by atoms with Crippen LogP contribution in [0, 0.1) is 17.0 Å². The summed E-state index contributed by atoms with van der Waals surface area (Å²) in [4.78, 5) is 34.6. The van der Waals surface area contributed by atoms with Crippen molar-refractivity contribution in [1.82, 2.24) is 4.57 Å². The smallest absolute Gasteiger partial charge is 0.329 e. The SMILES string of the molecule is Cc1cc([N+](=O)[O-])cn(C(C)C(=O)OC2CCCCC2)c1=O. The zero-order chi connectivity index (χ0) is 16.3. The molecule has 0 N–H and O–H groups in total. The maximum atomic E-state index is 12.2. The fraction of sp³-hybridized carbons (Fsp3) is 0.600. The van der Waals surface area contributed by atoms with Gasteiger partial charge in [-0.25, -0.2) is 4.79 Å². The Labute approximate surface area is 128 Å². The van der Waals surface area contributed by atoms with Gasteiger partial charge >= 0.3 is 5.97 Å². The van der Waals surface area contributed by atoms with Gasteiger partial charge < -0.3 is 4.74 Å². The van der Waals surface area contributed by atoms with E-state index in [1.165, 1.54) is 19.9 Å². The van der Waals surface area contributed by atoms with Gasteiger partial charge in [0.15, 0.2) is 0 Å². The number of nitrogens with zero attached hydrogens (tertiary/aromatic N) is 2. The van der Waals surface area contributed by atoms with E-state index in [2.05, 4.69) is 0 Å². The molecule has 1 aromatic rings. The van der Waals surface area contributed by atoms with Gasteiger partial charge in [0.1, 0.15) is 12.1 Å². The summed E-state index contributed by atoms with van der Waals surface area (Å²) in [5.41, 5.74) is -0.403. The molecule has 7 nitrogen and oxygen atoms in total. The Kier molecular flexibility index (Phi) is 4.95. The Morgan fingerprint density at radius 1 is 1.41 bits per heavy atom. The van der Waals surface area contributed by atoms with Gasteiger partial charge in [-0.3, -0.25) is 19.5 Å². The molecular weight excluding hydrogens is 288 g/mol. The van der Waals surface area contributed by atoms with E-state index in [0.29, 0.717) is 0 Å². The molecule has 2 rings (SSSR count). The number of aryl methyl sites for hydroxylation is 1. The van der Waals surface area contributed by atoms with Crippen LogP contribution < -0.4 is 5.56 Å². The van der Waals surface area contributed by atoms with Gasteiger partial charge in [0.25, 0.3) is 11.2 Å². The second-order valence-electron chi connectivity index (χ2n) is 5.72. The minimum Gasteiger partial charge on any atom is -0.461 e. The number of pyridine rings is 1. The first-order chi connectivity index (χ1) is 10.4. The standard InChI is InChI=1S/C15H20N2O5/c1-10-8-12(17(20)21)9-16(14(10)18)11(2)15(19)22-13-6-4-3-5-7-13/h8-9,11,13H,3-7H2,1-2H3. The van der Waals surface area contributed by atoms with Crippen molar-refractivity contribution >= 4 is 11.7 Å². The normalized spacial score (nSPS) is 17.0. The average molecular weight is 308 g/mol. The van der Waals surface area contributed by atoms with Gasteiger partial charge in [-0.15, -0.1) is 0 Å². The molecule has 1 atom stereocenters. The van der Waals surface area contributed by atoms with E-state index in [4.69, 9.17) is 4.74 Å². The van der Waals surface area contributed by atoms with Crippen molar-refractivity contribution in [2.45, 2.75) is 58.1 Å². The van der Waals surface area contributed by atoms with Crippen molar-refractivity contribution in [3.8, 4) is 0 Å². The van der Waals surface area contributed by atoms with Crippen LogP contribution in [0.4, 0.5) is 5.69 Å². The summed E-state index contributed by atoms with van der Waals surface area (Å²) in [7, 11) is 0. The number of nitro groups is 1. The number of carbonyl (C=O) groups excluding carboxylic acids is 1. The molecule has 1 unspecified atom stereocenters. The average Bonchev–Trinajstić information content (AvgIpc) is 2.50. The monoisotopic (exact) mass is 308 g/mol. The molecule has 0 spiro atoms. The van der Waals surface area contributed by atoms with Crippen molar-refractivity contribution < 1.29 is 14.5 Å². The van der Waals surface area contributed by atoms with E-state index >= 15 is 0 Å². The summed E-state index contributed by atoms with van der Waals surface area (Å²) >= 11 is 0. The summed E-state index contributed by atoms with van der Waals surface area (Å²) in [6.07, 6.45) is 5.86. The lowest BCUT2D eigenvalue weighted by molar-refractivity contribution is -0.385. The molecule has 1 fully saturated rings. The third-order valence-electron chi connectivity index (χ3n) is 4.01. The Bertz CT molecular complexity index is 631. The molecule has 1 heterocycles. The van der Waals surface area contributed by atoms with Gasteiger partial charge in [-0.2, -0.15) is 0 Å². The van der Waals surface area contributed by atoms with E-state index in [9.17, 15) is 19.7 Å². The molecule has 1 saturated carbocycles. The molecule has 1 aliphatic rings. The number of ether oxygens (including phenoxy) is 1. The summed E-state index contributed by atoms with van der Waals surface area (Å²) in [5.74, 6) is -0.520. The van der Waals surface area contributed by atoms with Crippen LogP contribution in [-0.4, -0.2) is 21.6 Å². The summed E-state index contributed by atoms with van der Waals surface area (Å²) in [5, 5.41) is 10.9. The van der Waals surface area contributed by atoms with Crippen LogP contribution in [0.3, 0.4) is 0 Å². The molecule has 120 valence electrons. The largest absolute Gasteiger partial charge is 0.461 e. The lowest BCUT2D eigenvalue weighted by Crippen LogP contribution is -2.32. The molecule has 0 radical (unpaired) electrons. The van der Waals surface area contributed by atoms with Crippen LogP contribution in [0.25, 0.3) is 0 Å². The van der Waals surface area contributed by atoms with Crippen LogP contribution in [0.2, 0.25) is 0 Å². The van der Waals surface area contributed by atoms with Gasteiger partial charge in [0.05, 0.1) is 11.1 Å². The first-order valence-corrected chi connectivity index (χ1v) is 7.48. The Morgan fingerprint density at radius 2 is 2.05 bits per heavy atom. The minimum absolute atomic E-state index is 0.112. The highest BCUT2D eigenvalue weighted by Gasteiger charge is 2.25. The Hall–Kier alpha value is -2.18. The van der Waals surface area contributed by atoms with E-state index < -0.39 is 22.5 Å². The van der Waals surface area contributed by atoms with E-state index in [0.717, 1.165) is 42.9 Å². The zero-order valence-electron chi connectivity index (χ0n) is 12.8. The van der Waals surface area contributed by atoms with Crippen molar-refractivity contribution in [3.63, 3.8) is 0 Å². The molecule has 1 aliphatic carbocycles. The molecule has 7 heteroatoms. The first kappa shape index (κ1) is 16.2. The molecule has 0 bridgehead atoms. The molecule has 0 saturated heterocycles. The first-order valence-electron chi connectivity index (χ1n) is 7.48. The van der Waals surface area contributed by atoms with E-state index in [-0.39, 0.29) is 17.4 Å². The number of aromatic nitrogens is 1. The highest BCUT2D eigenvalue weighted by molar-refractivity contribution is 5.74. The van der Waals surface area contributed by atoms with Crippen molar-refractivity contribution in [1.29, 1.82) is 0 Å². The van der Waals surface area contributed by atoms with E-state index in [1.807, 2.05) is 0 Å². The topological polar surface area (TPSA) is 91.4 Å².